The molecule has 0 aliphatic rings. The van der Waals surface area contributed by atoms with Crippen LogP contribution in [0.3, 0.4) is 0 Å². The number of nitrogens with one attached hydrogen (secondary N) is 3. The normalized spacial score (nSPS) is 10.1. The Balaban J connectivity index is 1.46. The zero-order valence-electron chi connectivity index (χ0n) is 17.5. The number of amides is 3. The van der Waals surface area contributed by atoms with Gasteiger partial charge in [-0.3, -0.25) is 15.1 Å². The molecule has 0 atom stereocenters. The van der Waals surface area contributed by atoms with Crippen LogP contribution in [0.5, 0.6) is 5.75 Å². The molecule has 0 unspecified atom stereocenters. The molecule has 33 heavy (non-hydrogen) atoms. The first-order valence-electron chi connectivity index (χ1n) is 10.1. The SMILES string of the molecule is N#Cc1ccc(NC(=O)Nc2cc(Cl)ccc2OCCCNC(=O)Cc2cccnc2)nc1. The smallest absolute Gasteiger partial charge is 0.324 e. The van der Waals surface area contributed by atoms with Gasteiger partial charge in [-0.1, -0.05) is 17.7 Å². The molecule has 0 saturated heterocycles. The number of halogens is 1. The lowest BCUT2D eigenvalue weighted by Crippen LogP contribution is -2.27. The van der Waals surface area contributed by atoms with Crippen molar-refractivity contribution in [2.45, 2.75) is 12.8 Å². The number of pyridine rings is 2. The van der Waals surface area contributed by atoms with E-state index in [0.29, 0.717) is 41.6 Å². The first-order valence-corrected chi connectivity index (χ1v) is 10.4. The minimum absolute atomic E-state index is 0.0927. The minimum atomic E-state index is -0.540. The summed E-state index contributed by atoms with van der Waals surface area (Å²) in [5, 5.41) is 17.3. The van der Waals surface area contributed by atoms with Crippen LogP contribution in [0.4, 0.5) is 16.3 Å². The van der Waals surface area contributed by atoms with E-state index < -0.39 is 6.03 Å². The number of carbonyl (C=O) groups is 2. The van der Waals surface area contributed by atoms with Gasteiger partial charge in [-0.15, -0.1) is 0 Å². The van der Waals surface area contributed by atoms with E-state index in [-0.39, 0.29) is 18.1 Å². The van der Waals surface area contributed by atoms with E-state index in [1.54, 1.807) is 42.7 Å². The molecule has 0 aliphatic carbocycles. The third-order valence-electron chi connectivity index (χ3n) is 4.31. The van der Waals surface area contributed by atoms with Crippen molar-refractivity contribution in [3.63, 3.8) is 0 Å². The van der Waals surface area contributed by atoms with Crippen molar-refractivity contribution in [2.75, 3.05) is 23.8 Å². The number of carbonyl (C=O) groups excluding carboxylic acids is 2. The summed E-state index contributed by atoms with van der Waals surface area (Å²) in [6.45, 7) is 0.766. The molecule has 10 heteroatoms. The second-order valence-corrected chi connectivity index (χ2v) is 7.29. The predicted octanol–water partition coefficient (Wildman–Crippen LogP) is 3.77. The van der Waals surface area contributed by atoms with Gasteiger partial charge in [-0.05, 0) is 48.4 Å². The Hall–Kier alpha value is -4.16. The zero-order chi connectivity index (χ0) is 23.5. The fraction of sp³-hybridized carbons (Fsp3) is 0.174. The van der Waals surface area contributed by atoms with Crippen LogP contribution in [-0.2, 0) is 11.2 Å². The lowest BCUT2D eigenvalue weighted by atomic mass is 10.2. The molecule has 0 aliphatic heterocycles. The van der Waals surface area contributed by atoms with E-state index in [2.05, 4.69) is 25.9 Å². The van der Waals surface area contributed by atoms with Gasteiger partial charge in [0.15, 0.2) is 0 Å². The molecule has 0 bridgehead atoms. The highest BCUT2D eigenvalue weighted by Crippen LogP contribution is 2.28. The van der Waals surface area contributed by atoms with Gasteiger partial charge in [0.2, 0.25) is 5.91 Å². The first-order chi connectivity index (χ1) is 16.0. The Bertz CT molecular complexity index is 1130. The number of aromatic nitrogens is 2. The Labute approximate surface area is 195 Å². The topological polar surface area (TPSA) is 129 Å². The van der Waals surface area contributed by atoms with Gasteiger partial charge < -0.3 is 15.4 Å². The summed E-state index contributed by atoms with van der Waals surface area (Å²) in [5.74, 6) is 0.631. The predicted molar refractivity (Wildman–Crippen MR) is 124 cm³/mol. The maximum atomic E-state index is 12.3. The van der Waals surface area contributed by atoms with Gasteiger partial charge in [-0.25, -0.2) is 9.78 Å². The number of nitrogens with zero attached hydrogens (tertiary/aromatic N) is 3. The minimum Gasteiger partial charge on any atom is -0.491 e. The number of urea groups is 1. The fourth-order valence-electron chi connectivity index (χ4n) is 2.76. The molecular formula is C23H21ClN6O3. The highest BCUT2D eigenvalue weighted by molar-refractivity contribution is 6.31. The van der Waals surface area contributed by atoms with Crippen LogP contribution in [0.1, 0.15) is 17.5 Å². The average molecular weight is 465 g/mol. The van der Waals surface area contributed by atoms with E-state index in [0.717, 1.165) is 5.56 Å². The van der Waals surface area contributed by atoms with Crippen molar-refractivity contribution in [1.29, 1.82) is 5.26 Å². The molecule has 168 valence electrons. The van der Waals surface area contributed by atoms with E-state index in [1.165, 1.54) is 12.3 Å². The zero-order valence-corrected chi connectivity index (χ0v) is 18.3. The molecule has 3 amide bonds. The average Bonchev–Trinajstić information content (AvgIpc) is 2.81. The monoisotopic (exact) mass is 464 g/mol. The summed E-state index contributed by atoms with van der Waals surface area (Å²) in [6.07, 6.45) is 5.52. The van der Waals surface area contributed by atoms with E-state index in [9.17, 15) is 9.59 Å². The van der Waals surface area contributed by atoms with Crippen LogP contribution < -0.4 is 20.7 Å². The largest absolute Gasteiger partial charge is 0.491 e. The Morgan fingerprint density at radius 2 is 2.00 bits per heavy atom. The van der Waals surface area contributed by atoms with Gasteiger partial charge in [0.1, 0.15) is 17.6 Å². The third kappa shape index (κ3) is 7.79. The molecule has 9 nitrogen and oxygen atoms in total. The molecule has 0 fully saturated rings. The molecule has 2 aromatic heterocycles. The number of ether oxygens (including phenoxy) is 1. The summed E-state index contributed by atoms with van der Waals surface area (Å²) in [7, 11) is 0. The van der Waals surface area contributed by atoms with Crippen molar-refractivity contribution in [1.82, 2.24) is 15.3 Å². The standard InChI is InChI=1S/C23H21ClN6O3/c24-18-5-6-20(33-10-2-9-27-22(31)11-16-3-1-8-26-14-16)19(12-18)29-23(32)30-21-7-4-17(13-25)15-28-21/h1,3-8,12,14-15H,2,9-11H2,(H,27,31)(H2,28,29,30,32). The molecule has 3 aromatic rings. The lowest BCUT2D eigenvalue weighted by molar-refractivity contribution is -0.120. The summed E-state index contributed by atoms with van der Waals surface area (Å²) in [5.41, 5.74) is 1.62. The van der Waals surface area contributed by atoms with Crippen LogP contribution in [0.25, 0.3) is 0 Å². The van der Waals surface area contributed by atoms with Crippen molar-refractivity contribution >= 4 is 35.0 Å². The highest BCUT2D eigenvalue weighted by Gasteiger charge is 2.10. The molecule has 2 heterocycles. The van der Waals surface area contributed by atoms with Crippen LogP contribution in [0.15, 0.2) is 61.1 Å². The molecule has 0 spiro atoms. The van der Waals surface area contributed by atoms with Crippen LogP contribution in [0.2, 0.25) is 5.02 Å². The molecule has 0 radical (unpaired) electrons. The molecular weight excluding hydrogens is 444 g/mol. The third-order valence-corrected chi connectivity index (χ3v) is 4.55. The number of rotatable bonds is 9. The first kappa shape index (κ1) is 23.5. The van der Waals surface area contributed by atoms with Crippen molar-refractivity contribution in [2.24, 2.45) is 0 Å². The summed E-state index contributed by atoms with van der Waals surface area (Å²) in [4.78, 5) is 32.3. The Kier molecular flexibility index (Phi) is 8.56. The number of nitriles is 1. The van der Waals surface area contributed by atoms with Crippen molar-refractivity contribution in [3.05, 3.63) is 77.2 Å². The highest BCUT2D eigenvalue weighted by atomic mass is 35.5. The van der Waals surface area contributed by atoms with Gasteiger partial charge in [0.05, 0.1) is 24.3 Å². The fourth-order valence-corrected chi connectivity index (χ4v) is 2.93. The summed E-state index contributed by atoms with van der Waals surface area (Å²) >= 11 is 6.06. The number of hydrogen-bond donors (Lipinski definition) is 3. The quantitative estimate of drug-likeness (QED) is 0.413. The van der Waals surface area contributed by atoms with E-state index in [4.69, 9.17) is 21.6 Å². The summed E-state index contributed by atoms with van der Waals surface area (Å²) < 4.78 is 5.76. The number of hydrogen-bond acceptors (Lipinski definition) is 6. The molecule has 3 N–H and O–H groups in total. The Morgan fingerprint density at radius 1 is 1.12 bits per heavy atom. The number of benzene rings is 1. The number of anilines is 2. The maximum Gasteiger partial charge on any atom is 0.324 e. The molecule has 3 rings (SSSR count). The maximum absolute atomic E-state index is 12.3. The second-order valence-electron chi connectivity index (χ2n) is 6.85. The second kappa shape index (κ2) is 12.0. The van der Waals surface area contributed by atoms with Gasteiger partial charge >= 0.3 is 6.03 Å². The molecule has 1 aromatic carbocycles. The van der Waals surface area contributed by atoms with E-state index in [1.807, 2.05) is 12.1 Å². The van der Waals surface area contributed by atoms with Crippen LogP contribution >= 0.6 is 11.6 Å². The van der Waals surface area contributed by atoms with Gasteiger partial charge in [0.25, 0.3) is 0 Å². The Morgan fingerprint density at radius 3 is 2.73 bits per heavy atom. The molecule has 0 saturated carbocycles. The van der Waals surface area contributed by atoms with Crippen LogP contribution in [0, 0.1) is 11.3 Å². The van der Waals surface area contributed by atoms with Crippen molar-refractivity contribution in [3.8, 4) is 11.8 Å². The lowest BCUT2D eigenvalue weighted by Gasteiger charge is -2.14. The van der Waals surface area contributed by atoms with E-state index >= 15 is 0 Å². The van der Waals surface area contributed by atoms with Crippen LogP contribution in [-0.4, -0.2) is 35.1 Å². The summed E-state index contributed by atoms with van der Waals surface area (Å²) in [6, 6.07) is 13.0. The van der Waals surface area contributed by atoms with Crippen molar-refractivity contribution < 1.29 is 14.3 Å². The van der Waals surface area contributed by atoms with Gasteiger partial charge in [-0.2, -0.15) is 5.26 Å². The van der Waals surface area contributed by atoms with Gasteiger partial charge in [0, 0.05) is 30.2 Å².